The molecule has 2 aromatic carbocycles. The van der Waals surface area contributed by atoms with E-state index < -0.39 is 0 Å². The fraction of sp³-hybridized carbons (Fsp3) is 0.381. The second kappa shape index (κ2) is 9.32. The molecule has 1 aliphatic rings. The number of para-hydroxylation sites is 2. The van der Waals surface area contributed by atoms with Crippen molar-refractivity contribution >= 4 is 17.3 Å². The number of nitrogens with one attached hydrogen (secondary N) is 1. The van der Waals surface area contributed by atoms with E-state index in [0.29, 0.717) is 44.8 Å². The van der Waals surface area contributed by atoms with Gasteiger partial charge in [0.1, 0.15) is 5.69 Å². The predicted molar refractivity (Wildman–Crippen MR) is 107 cm³/mol. The third-order valence-electron chi connectivity index (χ3n) is 5.09. The lowest BCUT2D eigenvalue weighted by Crippen LogP contribution is -2.40. The molecule has 0 aromatic heterocycles. The maximum atomic E-state index is 12.5. The molecule has 1 aliphatic heterocycles. The summed E-state index contributed by atoms with van der Waals surface area (Å²) in [4.78, 5) is 25.4. The lowest BCUT2D eigenvalue weighted by molar-refractivity contribution is -0.384. The summed E-state index contributed by atoms with van der Waals surface area (Å²) in [5.74, 6) is -0.0186. The molecule has 0 saturated carbocycles. The summed E-state index contributed by atoms with van der Waals surface area (Å²) in [7, 11) is 1.66. The third-order valence-corrected chi connectivity index (χ3v) is 5.09. The maximum absolute atomic E-state index is 12.5. The monoisotopic (exact) mass is 383 g/mol. The van der Waals surface area contributed by atoms with Gasteiger partial charge in [0.25, 0.3) is 5.69 Å². The van der Waals surface area contributed by atoms with Crippen LogP contribution in [0, 0.1) is 16.0 Å². The summed E-state index contributed by atoms with van der Waals surface area (Å²) >= 11 is 0. The van der Waals surface area contributed by atoms with E-state index in [2.05, 4.69) is 5.32 Å². The Kier molecular flexibility index (Phi) is 6.60. The van der Waals surface area contributed by atoms with Crippen molar-refractivity contribution in [2.24, 2.45) is 5.92 Å². The standard InChI is InChI=1S/C21H25N3O4/c1-28-15-17-8-6-16(7-9-17)14-22-21(25)18-10-12-23(13-11-18)19-4-2-3-5-20(19)24(26)27/h2-9,18H,10-15H2,1H3,(H,22,25). The molecule has 0 spiro atoms. The van der Waals surface area contributed by atoms with Crippen LogP contribution in [0.4, 0.5) is 11.4 Å². The summed E-state index contributed by atoms with van der Waals surface area (Å²) < 4.78 is 5.10. The Hall–Kier alpha value is -2.93. The van der Waals surface area contributed by atoms with E-state index in [-0.39, 0.29) is 22.4 Å². The Morgan fingerprint density at radius 1 is 1.14 bits per heavy atom. The first kappa shape index (κ1) is 19.8. The van der Waals surface area contributed by atoms with E-state index in [1.54, 1.807) is 25.3 Å². The molecule has 0 bridgehead atoms. The molecular formula is C21H25N3O4. The van der Waals surface area contributed by atoms with Crippen molar-refractivity contribution in [3.8, 4) is 0 Å². The van der Waals surface area contributed by atoms with Gasteiger partial charge in [0, 0.05) is 38.7 Å². The van der Waals surface area contributed by atoms with Crippen LogP contribution in [0.2, 0.25) is 0 Å². The molecular weight excluding hydrogens is 358 g/mol. The van der Waals surface area contributed by atoms with Crippen LogP contribution < -0.4 is 10.2 Å². The fourth-order valence-corrected chi connectivity index (χ4v) is 3.52. The molecule has 1 N–H and O–H groups in total. The van der Waals surface area contributed by atoms with E-state index in [4.69, 9.17) is 4.74 Å². The molecule has 1 saturated heterocycles. The van der Waals surface area contributed by atoms with Crippen LogP contribution in [0.5, 0.6) is 0 Å². The molecule has 2 aromatic rings. The summed E-state index contributed by atoms with van der Waals surface area (Å²) in [6.07, 6.45) is 1.37. The fourth-order valence-electron chi connectivity index (χ4n) is 3.52. The summed E-state index contributed by atoms with van der Waals surface area (Å²) in [5.41, 5.74) is 2.88. The molecule has 0 aliphatic carbocycles. The van der Waals surface area contributed by atoms with Crippen molar-refractivity contribution in [2.45, 2.75) is 26.0 Å². The zero-order valence-corrected chi connectivity index (χ0v) is 16.0. The molecule has 3 rings (SSSR count). The molecule has 1 amide bonds. The number of hydrogen-bond donors (Lipinski definition) is 1. The first-order valence-corrected chi connectivity index (χ1v) is 9.41. The largest absolute Gasteiger partial charge is 0.380 e. The van der Waals surface area contributed by atoms with Crippen LogP contribution in [0.15, 0.2) is 48.5 Å². The molecule has 0 radical (unpaired) electrons. The Balaban J connectivity index is 1.51. The quantitative estimate of drug-likeness (QED) is 0.586. The van der Waals surface area contributed by atoms with Gasteiger partial charge in [-0.05, 0) is 30.0 Å². The van der Waals surface area contributed by atoms with E-state index in [1.807, 2.05) is 29.2 Å². The SMILES string of the molecule is COCc1ccc(CNC(=O)C2CCN(c3ccccc3[N+](=O)[O-])CC2)cc1. The van der Waals surface area contributed by atoms with Crippen molar-refractivity contribution in [1.29, 1.82) is 0 Å². The van der Waals surface area contributed by atoms with E-state index in [9.17, 15) is 14.9 Å². The number of carbonyl (C=O) groups excluding carboxylic acids is 1. The number of methoxy groups -OCH3 is 1. The molecule has 7 heteroatoms. The van der Waals surface area contributed by atoms with Crippen LogP contribution in [-0.2, 0) is 22.7 Å². The van der Waals surface area contributed by atoms with Crippen molar-refractivity contribution in [1.82, 2.24) is 5.32 Å². The minimum absolute atomic E-state index is 0.0446. The number of amides is 1. The summed E-state index contributed by atoms with van der Waals surface area (Å²) in [6.45, 7) is 2.34. The van der Waals surface area contributed by atoms with Gasteiger partial charge in [-0.2, -0.15) is 0 Å². The minimum Gasteiger partial charge on any atom is -0.380 e. The van der Waals surface area contributed by atoms with Crippen LogP contribution in [-0.4, -0.2) is 31.0 Å². The van der Waals surface area contributed by atoms with Crippen LogP contribution in [0.3, 0.4) is 0 Å². The lowest BCUT2D eigenvalue weighted by Gasteiger charge is -2.32. The van der Waals surface area contributed by atoms with Crippen LogP contribution in [0.1, 0.15) is 24.0 Å². The molecule has 0 atom stereocenters. The number of hydrogen-bond acceptors (Lipinski definition) is 5. The molecule has 1 heterocycles. The zero-order valence-electron chi connectivity index (χ0n) is 16.0. The highest BCUT2D eigenvalue weighted by atomic mass is 16.6. The average molecular weight is 383 g/mol. The van der Waals surface area contributed by atoms with Crippen molar-refractivity contribution in [3.05, 3.63) is 69.8 Å². The Morgan fingerprint density at radius 3 is 2.43 bits per heavy atom. The van der Waals surface area contributed by atoms with Gasteiger partial charge in [-0.15, -0.1) is 0 Å². The first-order valence-electron chi connectivity index (χ1n) is 9.41. The van der Waals surface area contributed by atoms with Gasteiger partial charge in [-0.25, -0.2) is 0 Å². The number of rotatable bonds is 7. The highest BCUT2D eigenvalue weighted by Crippen LogP contribution is 2.31. The first-order chi connectivity index (χ1) is 13.6. The number of nitrogens with zero attached hydrogens (tertiary/aromatic N) is 2. The van der Waals surface area contributed by atoms with E-state index >= 15 is 0 Å². The topological polar surface area (TPSA) is 84.7 Å². The lowest BCUT2D eigenvalue weighted by atomic mass is 9.95. The van der Waals surface area contributed by atoms with Crippen LogP contribution >= 0.6 is 0 Å². The third kappa shape index (κ3) is 4.86. The number of anilines is 1. The predicted octanol–water partition coefficient (Wildman–Crippen LogP) is 3.27. The van der Waals surface area contributed by atoms with Gasteiger partial charge in [-0.3, -0.25) is 14.9 Å². The Morgan fingerprint density at radius 2 is 1.79 bits per heavy atom. The zero-order chi connectivity index (χ0) is 19.9. The van der Waals surface area contributed by atoms with Crippen molar-refractivity contribution in [3.63, 3.8) is 0 Å². The van der Waals surface area contributed by atoms with E-state index in [1.165, 1.54) is 6.07 Å². The molecule has 28 heavy (non-hydrogen) atoms. The second-order valence-corrected chi connectivity index (χ2v) is 6.97. The van der Waals surface area contributed by atoms with Crippen molar-refractivity contribution < 1.29 is 14.5 Å². The summed E-state index contributed by atoms with van der Waals surface area (Å²) in [6, 6.07) is 14.7. The average Bonchev–Trinajstić information content (AvgIpc) is 2.73. The number of nitro groups is 1. The second-order valence-electron chi connectivity index (χ2n) is 6.97. The van der Waals surface area contributed by atoms with Gasteiger partial charge >= 0.3 is 0 Å². The molecule has 148 valence electrons. The van der Waals surface area contributed by atoms with Gasteiger partial charge in [0.2, 0.25) is 5.91 Å². The number of carbonyl (C=O) groups is 1. The smallest absolute Gasteiger partial charge is 0.292 e. The Labute approximate surface area is 164 Å². The number of nitro benzene ring substituents is 1. The Bertz CT molecular complexity index is 815. The highest BCUT2D eigenvalue weighted by molar-refractivity contribution is 5.79. The molecule has 0 unspecified atom stereocenters. The number of ether oxygens (including phenoxy) is 1. The molecule has 1 fully saturated rings. The maximum Gasteiger partial charge on any atom is 0.292 e. The minimum atomic E-state index is -0.355. The summed E-state index contributed by atoms with van der Waals surface area (Å²) in [5, 5.41) is 14.2. The van der Waals surface area contributed by atoms with Gasteiger partial charge < -0.3 is 15.0 Å². The van der Waals surface area contributed by atoms with Crippen LogP contribution in [0.25, 0.3) is 0 Å². The number of benzene rings is 2. The number of piperidine rings is 1. The van der Waals surface area contributed by atoms with E-state index in [0.717, 1.165) is 11.1 Å². The highest BCUT2D eigenvalue weighted by Gasteiger charge is 2.27. The van der Waals surface area contributed by atoms with Crippen molar-refractivity contribution in [2.75, 3.05) is 25.1 Å². The van der Waals surface area contributed by atoms with Gasteiger partial charge in [-0.1, -0.05) is 36.4 Å². The van der Waals surface area contributed by atoms with Gasteiger partial charge in [0.15, 0.2) is 0 Å². The molecule has 7 nitrogen and oxygen atoms in total. The van der Waals surface area contributed by atoms with Gasteiger partial charge in [0.05, 0.1) is 11.5 Å². The normalized spacial score (nSPS) is 14.7.